The molecule has 0 bridgehead atoms. The third kappa shape index (κ3) is 4.64. The van der Waals surface area contributed by atoms with Gasteiger partial charge in [-0.2, -0.15) is 9.78 Å². The molecule has 0 aliphatic heterocycles. The molecular weight excluding hydrogens is 439 g/mol. The molecule has 4 rings (SSSR count). The van der Waals surface area contributed by atoms with Crippen molar-refractivity contribution in [2.75, 3.05) is 0 Å². The van der Waals surface area contributed by atoms with Gasteiger partial charge in [0.2, 0.25) is 0 Å². The summed E-state index contributed by atoms with van der Waals surface area (Å²) >= 11 is 3.83. The van der Waals surface area contributed by atoms with Crippen molar-refractivity contribution in [1.29, 1.82) is 0 Å². The monoisotopic (exact) mass is 453 g/mol. The number of halogens is 2. The minimum atomic E-state index is -2.19. The summed E-state index contributed by atoms with van der Waals surface area (Å²) < 4.78 is 36.4. The van der Waals surface area contributed by atoms with E-state index >= 15 is 0 Å². The second kappa shape index (κ2) is 8.93. The Labute approximate surface area is 185 Å². The lowest BCUT2D eigenvalue weighted by molar-refractivity contribution is 0.536. The Morgan fingerprint density at radius 3 is 2.16 bits per heavy atom. The molecule has 1 aromatic heterocycles. The molecule has 8 heteroatoms. The van der Waals surface area contributed by atoms with Crippen LogP contribution in [0.3, 0.4) is 0 Å². The van der Waals surface area contributed by atoms with E-state index in [9.17, 15) is 17.9 Å². The van der Waals surface area contributed by atoms with Gasteiger partial charge in [0.25, 0.3) is 5.56 Å². The second-order valence-electron chi connectivity index (χ2n) is 6.78. The number of aromatic nitrogens is 2. The van der Waals surface area contributed by atoms with E-state index < -0.39 is 16.9 Å². The molecule has 0 saturated heterocycles. The molecule has 1 heterocycles. The molecule has 1 atom stereocenters. The third-order valence-corrected chi connectivity index (χ3v) is 5.55. The van der Waals surface area contributed by atoms with Gasteiger partial charge >= 0.3 is 0 Å². The molecule has 5 nitrogen and oxygen atoms in total. The van der Waals surface area contributed by atoms with Gasteiger partial charge in [0.05, 0.1) is 17.4 Å². The molecule has 3 aromatic carbocycles. The van der Waals surface area contributed by atoms with Crippen LogP contribution in [0.15, 0.2) is 83.8 Å². The van der Waals surface area contributed by atoms with Crippen LogP contribution < -0.4 is 5.56 Å². The molecule has 0 saturated carbocycles. The van der Waals surface area contributed by atoms with Gasteiger partial charge in [-0.05, 0) is 53.1 Å². The van der Waals surface area contributed by atoms with Crippen LogP contribution in [-0.2, 0) is 16.8 Å². The van der Waals surface area contributed by atoms with Gasteiger partial charge in [-0.15, -0.1) is 0 Å². The fraction of sp³-hybridized carbons (Fsp3) is 0.0435. The van der Waals surface area contributed by atoms with Crippen LogP contribution in [0.2, 0.25) is 5.02 Å². The first kappa shape index (κ1) is 21.1. The van der Waals surface area contributed by atoms with E-state index in [1.54, 1.807) is 54.7 Å². The highest BCUT2D eigenvalue weighted by Gasteiger charge is 2.16. The Morgan fingerprint density at radius 2 is 1.55 bits per heavy atom. The number of rotatable bonds is 5. The van der Waals surface area contributed by atoms with Crippen molar-refractivity contribution in [3.05, 3.63) is 106 Å². The van der Waals surface area contributed by atoms with Gasteiger partial charge in [-0.1, -0.05) is 59.1 Å². The van der Waals surface area contributed by atoms with E-state index in [0.717, 1.165) is 0 Å². The molecule has 0 amide bonds. The Balaban J connectivity index is 1.89. The smallest absolute Gasteiger partial charge is 0.279 e. The van der Waals surface area contributed by atoms with Crippen LogP contribution >= 0.6 is 11.6 Å². The zero-order valence-corrected chi connectivity index (χ0v) is 17.6. The maximum Gasteiger partial charge on any atom is 0.279 e. The Kier molecular flexibility index (Phi) is 6.08. The zero-order valence-electron chi connectivity index (χ0n) is 16.0. The first-order chi connectivity index (χ1) is 14.9. The number of benzene rings is 3. The molecule has 0 N–H and O–H groups in total. The van der Waals surface area contributed by atoms with Crippen LogP contribution in [-0.4, -0.2) is 18.5 Å². The highest BCUT2D eigenvalue weighted by atomic mass is 35.5. The van der Waals surface area contributed by atoms with Gasteiger partial charge in [-0.3, -0.25) is 9.00 Å². The lowest BCUT2D eigenvalue weighted by Gasteiger charge is -2.13. The molecule has 0 aliphatic rings. The maximum absolute atomic E-state index is 13.4. The van der Waals surface area contributed by atoms with E-state index in [1.165, 1.54) is 28.9 Å². The van der Waals surface area contributed by atoms with E-state index in [1.807, 2.05) is 0 Å². The number of hydrogen-bond donors (Lipinski definition) is 0. The highest BCUT2D eigenvalue weighted by molar-refractivity contribution is 7.78. The van der Waals surface area contributed by atoms with E-state index in [0.29, 0.717) is 38.5 Å². The topological polar surface area (TPSA) is 75.0 Å². The van der Waals surface area contributed by atoms with Crippen molar-refractivity contribution >= 4 is 22.7 Å². The minimum absolute atomic E-state index is 0.0886. The molecule has 31 heavy (non-hydrogen) atoms. The Morgan fingerprint density at radius 1 is 0.935 bits per heavy atom. The summed E-state index contributed by atoms with van der Waals surface area (Å²) in [5, 5.41) is 4.82. The van der Waals surface area contributed by atoms with E-state index in [2.05, 4.69) is 5.10 Å². The SMILES string of the molecule is O=c1c(-c2ccc(Cl)cc2)c(-c2ccc(CS(=O)[O-])cc2)cnn1-c1ccc(F)cc1. The van der Waals surface area contributed by atoms with Crippen LogP contribution in [0.1, 0.15) is 5.56 Å². The fourth-order valence-electron chi connectivity index (χ4n) is 3.25. The Bertz CT molecular complexity index is 1300. The summed E-state index contributed by atoms with van der Waals surface area (Å²) in [7, 11) is 0. The largest absolute Gasteiger partial charge is 0.772 e. The van der Waals surface area contributed by atoms with Gasteiger partial charge in [0.1, 0.15) is 5.82 Å². The van der Waals surface area contributed by atoms with Crippen LogP contribution in [0.25, 0.3) is 27.9 Å². The van der Waals surface area contributed by atoms with Gasteiger partial charge in [-0.25, -0.2) is 4.39 Å². The summed E-state index contributed by atoms with van der Waals surface area (Å²) in [6, 6.07) is 19.2. The van der Waals surface area contributed by atoms with Crippen molar-refractivity contribution < 1.29 is 13.2 Å². The predicted octanol–water partition coefficient (Wildman–Crippen LogP) is 4.74. The van der Waals surface area contributed by atoms with Crippen molar-refractivity contribution in [3.63, 3.8) is 0 Å². The van der Waals surface area contributed by atoms with Crippen molar-refractivity contribution in [1.82, 2.24) is 9.78 Å². The molecule has 1 unspecified atom stereocenters. The van der Waals surface area contributed by atoms with Crippen molar-refractivity contribution in [3.8, 4) is 27.9 Å². The normalized spacial score (nSPS) is 12.0. The summed E-state index contributed by atoms with van der Waals surface area (Å²) in [5.41, 5.74) is 3.03. The van der Waals surface area contributed by atoms with E-state index in [4.69, 9.17) is 11.6 Å². The predicted molar refractivity (Wildman–Crippen MR) is 118 cm³/mol. The second-order valence-corrected chi connectivity index (χ2v) is 8.11. The lowest BCUT2D eigenvalue weighted by atomic mass is 9.96. The maximum atomic E-state index is 13.4. The Hall–Kier alpha value is -3.13. The first-order valence-corrected chi connectivity index (χ1v) is 10.8. The van der Waals surface area contributed by atoms with Crippen LogP contribution in [0, 0.1) is 5.82 Å². The van der Waals surface area contributed by atoms with Crippen molar-refractivity contribution in [2.45, 2.75) is 5.75 Å². The van der Waals surface area contributed by atoms with Crippen LogP contribution in [0.4, 0.5) is 4.39 Å². The molecule has 0 fully saturated rings. The summed E-state index contributed by atoms with van der Waals surface area (Å²) in [6.07, 6.45) is 1.56. The highest BCUT2D eigenvalue weighted by Crippen LogP contribution is 2.30. The quantitative estimate of drug-likeness (QED) is 0.409. The fourth-order valence-corrected chi connectivity index (χ4v) is 3.84. The third-order valence-electron chi connectivity index (χ3n) is 4.73. The van der Waals surface area contributed by atoms with Crippen LogP contribution in [0.5, 0.6) is 0 Å². The minimum Gasteiger partial charge on any atom is -0.772 e. The lowest BCUT2D eigenvalue weighted by Crippen LogP contribution is -2.23. The summed E-state index contributed by atoms with van der Waals surface area (Å²) in [6.45, 7) is 0. The first-order valence-electron chi connectivity index (χ1n) is 9.22. The molecular formula is C23H15ClFN2O3S-. The molecule has 0 spiro atoms. The number of nitrogens with zero attached hydrogens (tertiary/aromatic N) is 2. The molecule has 156 valence electrons. The van der Waals surface area contributed by atoms with Gasteiger partial charge in [0.15, 0.2) is 0 Å². The van der Waals surface area contributed by atoms with Gasteiger partial charge < -0.3 is 4.55 Å². The zero-order chi connectivity index (χ0) is 22.0. The average Bonchev–Trinajstić information content (AvgIpc) is 2.75. The van der Waals surface area contributed by atoms with Gasteiger partial charge in [0, 0.05) is 16.3 Å². The van der Waals surface area contributed by atoms with E-state index in [-0.39, 0.29) is 11.3 Å². The molecule has 0 radical (unpaired) electrons. The molecule has 4 aromatic rings. The standard InChI is InChI=1S/C23H16ClFN2O3S/c24-18-7-5-17(6-8-18)22-21(16-3-1-15(2-4-16)14-31(29)30)13-26-27(23(22)28)20-11-9-19(25)10-12-20/h1-13H,14H2,(H,29,30)/p-1. The number of hydrogen-bond acceptors (Lipinski definition) is 4. The summed E-state index contributed by atoms with van der Waals surface area (Å²) in [5.74, 6) is -0.500. The summed E-state index contributed by atoms with van der Waals surface area (Å²) in [4.78, 5) is 13.4. The average molecular weight is 454 g/mol. The molecule has 0 aliphatic carbocycles. The van der Waals surface area contributed by atoms with Crippen molar-refractivity contribution in [2.24, 2.45) is 0 Å².